The van der Waals surface area contributed by atoms with Crippen molar-refractivity contribution in [2.24, 2.45) is 0 Å². The van der Waals surface area contributed by atoms with E-state index in [0.29, 0.717) is 23.7 Å². The van der Waals surface area contributed by atoms with Crippen LogP contribution in [0, 0.1) is 0 Å². The lowest BCUT2D eigenvalue weighted by molar-refractivity contribution is 0.480. The Labute approximate surface area is 114 Å². The van der Waals surface area contributed by atoms with Crippen LogP contribution in [0.15, 0.2) is 28.0 Å². The molecule has 0 aliphatic rings. The molecule has 0 saturated heterocycles. The van der Waals surface area contributed by atoms with E-state index >= 15 is 0 Å². The van der Waals surface area contributed by atoms with Gasteiger partial charge < -0.3 is 0 Å². The Bertz CT molecular complexity index is 635. The highest BCUT2D eigenvalue weighted by Crippen LogP contribution is 2.22. The number of rotatable bonds is 5. The molecule has 6 nitrogen and oxygen atoms in total. The summed E-state index contributed by atoms with van der Waals surface area (Å²) in [6, 6.07) is 3.09. The third-order valence-electron chi connectivity index (χ3n) is 2.19. The van der Waals surface area contributed by atoms with Gasteiger partial charge in [0.15, 0.2) is 0 Å². The van der Waals surface area contributed by atoms with Crippen molar-refractivity contribution in [3.05, 3.63) is 23.8 Å². The molecule has 9 heteroatoms. The average Bonchev–Trinajstić information content (AvgIpc) is 2.23. The van der Waals surface area contributed by atoms with Gasteiger partial charge in [0.25, 0.3) is 20.2 Å². The second-order valence-corrected chi connectivity index (χ2v) is 7.12. The molecule has 1 rings (SSSR count). The lowest BCUT2D eigenvalue weighted by Crippen LogP contribution is -2.07. The molecule has 0 saturated carbocycles. The molecule has 0 aliphatic carbocycles. The van der Waals surface area contributed by atoms with Gasteiger partial charge in [-0.05, 0) is 30.5 Å². The lowest BCUT2D eigenvalue weighted by atomic mass is 10.1. The van der Waals surface area contributed by atoms with Crippen LogP contribution in [0.25, 0.3) is 0 Å². The van der Waals surface area contributed by atoms with Crippen LogP contribution in [-0.2, 0) is 26.7 Å². The van der Waals surface area contributed by atoms with E-state index in [2.05, 4.69) is 15.9 Å². The smallest absolute Gasteiger partial charge is 0.282 e. The molecule has 0 aromatic heterocycles. The Morgan fingerprint density at radius 2 is 1.67 bits per heavy atom. The van der Waals surface area contributed by atoms with Crippen molar-refractivity contribution in [1.82, 2.24) is 0 Å². The van der Waals surface area contributed by atoms with Gasteiger partial charge in [0.1, 0.15) is 0 Å². The van der Waals surface area contributed by atoms with Crippen LogP contribution >= 0.6 is 15.9 Å². The number of halogens is 1. The minimum atomic E-state index is -4.54. The van der Waals surface area contributed by atoms with Crippen molar-refractivity contribution < 1.29 is 25.9 Å². The molecule has 1 aromatic carbocycles. The van der Waals surface area contributed by atoms with Gasteiger partial charge in [-0.2, -0.15) is 16.8 Å². The van der Waals surface area contributed by atoms with Crippen LogP contribution in [0.2, 0.25) is 0 Å². The van der Waals surface area contributed by atoms with Gasteiger partial charge in [-0.1, -0.05) is 22.0 Å². The van der Waals surface area contributed by atoms with Crippen LogP contribution in [0.1, 0.15) is 12.0 Å². The molecule has 102 valence electrons. The standard InChI is InChI=1S/C9H11BrO6S2/c10-5-1-2-7-3-4-8(17(11,12)13)6-9(7)18(14,15)16/h3-4,6H,1-2,5H2,(H,11,12,13)(H,14,15,16). The summed E-state index contributed by atoms with van der Waals surface area (Å²) in [4.78, 5) is -1.07. The summed E-state index contributed by atoms with van der Waals surface area (Å²) in [5.41, 5.74) is 0.296. The fraction of sp³-hybridized carbons (Fsp3) is 0.333. The Balaban J connectivity index is 3.40. The van der Waals surface area contributed by atoms with Gasteiger partial charge in [-0.15, -0.1) is 0 Å². The predicted molar refractivity (Wildman–Crippen MR) is 68.2 cm³/mol. The zero-order valence-corrected chi connectivity index (χ0v) is 12.3. The van der Waals surface area contributed by atoms with E-state index in [1.54, 1.807) is 0 Å². The normalized spacial score (nSPS) is 12.6. The molecule has 0 fully saturated rings. The maximum absolute atomic E-state index is 11.2. The first-order chi connectivity index (χ1) is 8.16. The van der Waals surface area contributed by atoms with Crippen molar-refractivity contribution >= 4 is 36.2 Å². The van der Waals surface area contributed by atoms with Gasteiger partial charge >= 0.3 is 0 Å². The third kappa shape index (κ3) is 4.02. The zero-order chi connectivity index (χ0) is 14.0. The summed E-state index contributed by atoms with van der Waals surface area (Å²) >= 11 is 3.18. The van der Waals surface area contributed by atoms with Gasteiger partial charge in [-0.25, -0.2) is 0 Å². The molecular formula is C9H11BrO6S2. The molecule has 0 aliphatic heterocycles. The number of aryl methyl sites for hydroxylation is 1. The molecule has 0 heterocycles. The molecule has 0 bridgehead atoms. The van der Waals surface area contributed by atoms with Crippen LogP contribution in [0.4, 0.5) is 0 Å². The first-order valence-electron chi connectivity index (χ1n) is 4.80. The Kier molecular flexibility index (Phi) is 4.90. The Hall–Kier alpha value is -0.480. The SMILES string of the molecule is O=S(=O)(O)c1ccc(CCCBr)c(S(=O)(=O)O)c1. The molecule has 1 aromatic rings. The van der Waals surface area contributed by atoms with Gasteiger partial charge in [0.2, 0.25) is 0 Å². The van der Waals surface area contributed by atoms with Crippen molar-refractivity contribution in [2.45, 2.75) is 22.6 Å². The maximum Gasteiger partial charge on any atom is 0.294 e. The Morgan fingerprint density at radius 3 is 2.11 bits per heavy atom. The maximum atomic E-state index is 11.2. The largest absolute Gasteiger partial charge is 0.294 e. The van der Waals surface area contributed by atoms with E-state index in [4.69, 9.17) is 9.11 Å². The quantitative estimate of drug-likeness (QED) is 0.609. The van der Waals surface area contributed by atoms with Gasteiger partial charge in [0, 0.05) is 5.33 Å². The van der Waals surface area contributed by atoms with Gasteiger partial charge in [0.05, 0.1) is 9.79 Å². The minimum Gasteiger partial charge on any atom is -0.282 e. The van der Waals surface area contributed by atoms with Crippen LogP contribution < -0.4 is 0 Å². The highest BCUT2D eigenvalue weighted by Gasteiger charge is 2.19. The summed E-state index contributed by atoms with van der Waals surface area (Å²) < 4.78 is 62.0. The third-order valence-corrected chi connectivity index (χ3v) is 4.54. The second-order valence-electron chi connectivity index (χ2n) is 3.51. The van der Waals surface area contributed by atoms with Crippen molar-refractivity contribution in [1.29, 1.82) is 0 Å². The van der Waals surface area contributed by atoms with Crippen LogP contribution in [0.5, 0.6) is 0 Å². The summed E-state index contributed by atoms with van der Waals surface area (Å²) in [6.07, 6.45) is 0.972. The molecule has 0 amide bonds. The topological polar surface area (TPSA) is 109 Å². The van der Waals surface area contributed by atoms with E-state index in [1.807, 2.05) is 0 Å². The van der Waals surface area contributed by atoms with Crippen molar-refractivity contribution in [3.63, 3.8) is 0 Å². The molecule has 0 spiro atoms. The Morgan fingerprint density at radius 1 is 1.06 bits per heavy atom. The van der Waals surface area contributed by atoms with Crippen LogP contribution in [0.3, 0.4) is 0 Å². The van der Waals surface area contributed by atoms with Crippen LogP contribution in [-0.4, -0.2) is 31.3 Å². The fourth-order valence-corrected chi connectivity index (χ4v) is 3.04. The fourth-order valence-electron chi connectivity index (χ4n) is 1.40. The van der Waals surface area contributed by atoms with E-state index < -0.39 is 30.0 Å². The van der Waals surface area contributed by atoms with Crippen molar-refractivity contribution in [3.8, 4) is 0 Å². The first kappa shape index (κ1) is 15.6. The minimum absolute atomic E-state index is 0.296. The first-order valence-corrected chi connectivity index (χ1v) is 8.80. The van der Waals surface area contributed by atoms with Crippen molar-refractivity contribution in [2.75, 3.05) is 5.33 Å². The molecular weight excluding hydrogens is 348 g/mol. The monoisotopic (exact) mass is 358 g/mol. The van der Waals surface area contributed by atoms with Gasteiger partial charge in [-0.3, -0.25) is 9.11 Å². The lowest BCUT2D eigenvalue weighted by Gasteiger charge is -2.07. The predicted octanol–water partition coefficient (Wildman–Crippen LogP) is 1.51. The summed E-state index contributed by atoms with van der Waals surface area (Å²) in [5, 5.41) is 0.637. The highest BCUT2D eigenvalue weighted by atomic mass is 79.9. The van der Waals surface area contributed by atoms with E-state index in [-0.39, 0.29) is 0 Å². The summed E-state index contributed by atoms with van der Waals surface area (Å²) in [7, 11) is -9.05. The average molecular weight is 359 g/mol. The number of alkyl halides is 1. The van der Waals surface area contributed by atoms with E-state index in [0.717, 1.165) is 12.1 Å². The number of hydrogen-bond donors (Lipinski definition) is 2. The highest BCUT2D eigenvalue weighted by molar-refractivity contribution is 9.09. The molecule has 18 heavy (non-hydrogen) atoms. The van der Waals surface area contributed by atoms with E-state index in [9.17, 15) is 16.8 Å². The molecule has 2 N–H and O–H groups in total. The second kappa shape index (κ2) is 5.66. The number of hydrogen-bond acceptors (Lipinski definition) is 4. The zero-order valence-electron chi connectivity index (χ0n) is 9.08. The molecule has 0 unspecified atom stereocenters. The van der Waals surface area contributed by atoms with E-state index in [1.165, 1.54) is 6.07 Å². The summed E-state index contributed by atoms with van der Waals surface area (Å²) in [5.74, 6) is 0. The molecule has 0 radical (unpaired) electrons. The summed E-state index contributed by atoms with van der Waals surface area (Å²) in [6.45, 7) is 0. The molecule has 0 atom stereocenters. The number of benzene rings is 1.